The molecule has 0 unspecified atom stereocenters. The van der Waals surface area contributed by atoms with Crippen LogP contribution in [-0.2, 0) is 11.3 Å². The monoisotopic (exact) mass is 374 g/mol. The number of nitrogens with zero attached hydrogens (tertiary/aromatic N) is 2. The maximum absolute atomic E-state index is 12.7. The van der Waals surface area contributed by atoms with E-state index in [1.165, 1.54) is 0 Å². The molecule has 1 aliphatic rings. The lowest BCUT2D eigenvalue weighted by molar-refractivity contribution is -0.138. The summed E-state index contributed by atoms with van der Waals surface area (Å²) in [4.78, 5) is 18.7. The zero-order valence-corrected chi connectivity index (χ0v) is 17.3. The molecule has 0 radical (unpaired) electrons. The van der Waals surface area contributed by atoms with Crippen molar-refractivity contribution in [1.82, 2.24) is 15.5 Å². The Balaban J connectivity index is 1.93. The molecule has 0 bridgehead atoms. The van der Waals surface area contributed by atoms with Gasteiger partial charge in [0.25, 0.3) is 0 Å². The standard InChI is InChI=1S/C21H34N4O2/c1-16(2)27-18-10-8-9-17(13-18)14-23-20(22-3)24-15-21(11-6-7-12-21)19(26)25(4)5/h8-10,13,16H,6-7,11-12,14-15H2,1-5H3,(H2,22,23,24). The number of carbonyl (C=O) groups is 1. The van der Waals surface area contributed by atoms with Crippen LogP contribution in [0.5, 0.6) is 5.75 Å². The van der Waals surface area contributed by atoms with Crippen molar-refractivity contribution in [3.8, 4) is 5.75 Å². The van der Waals surface area contributed by atoms with Crippen LogP contribution in [0.2, 0.25) is 0 Å². The molecule has 2 N–H and O–H groups in total. The third-order valence-electron chi connectivity index (χ3n) is 4.97. The normalized spacial score (nSPS) is 16.3. The van der Waals surface area contributed by atoms with Gasteiger partial charge in [-0.25, -0.2) is 0 Å². The fourth-order valence-corrected chi connectivity index (χ4v) is 3.65. The van der Waals surface area contributed by atoms with Gasteiger partial charge in [0.05, 0.1) is 11.5 Å². The summed E-state index contributed by atoms with van der Waals surface area (Å²) in [5.41, 5.74) is 0.808. The number of carbonyl (C=O) groups excluding carboxylic acids is 1. The number of hydrogen-bond acceptors (Lipinski definition) is 3. The molecule has 1 saturated carbocycles. The fourth-order valence-electron chi connectivity index (χ4n) is 3.65. The lowest BCUT2D eigenvalue weighted by atomic mass is 9.84. The lowest BCUT2D eigenvalue weighted by Crippen LogP contribution is -2.49. The molecular weight excluding hydrogens is 340 g/mol. The first-order valence-electron chi connectivity index (χ1n) is 9.78. The molecule has 1 aromatic rings. The van der Waals surface area contributed by atoms with Crippen molar-refractivity contribution in [3.63, 3.8) is 0 Å². The molecule has 150 valence electrons. The van der Waals surface area contributed by atoms with Crippen LogP contribution in [0.4, 0.5) is 0 Å². The van der Waals surface area contributed by atoms with Crippen LogP contribution in [0.25, 0.3) is 0 Å². The summed E-state index contributed by atoms with van der Waals surface area (Å²) in [6.07, 6.45) is 4.23. The first-order chi connectivity index (χ1) is 12.9. The fraction of sp³-hybridized carbons (Fsp3) is 0.619. The number of hydrogen-bond donors (Lipinski definition) is 2. The molecule has 1 amide bonds. The zero-order valence-electron chi connectivity index (χ0n) is 17.3. The van der Waals surface area contributed by atoms with Crippen molar-refractivity contribution >= 4 is 11.9 Å². The quantitative estimate of drug-likeness (QED) is 0.569. The highest BCUT2D eigenvalue weighted by Gasteiger charge is 2.42. The van der Waals surface area contributed by atoms with Crippen LogP contribution in [0, 0.1) is 5.41 Å². The van der Waals surface area contributed by atoms with E-state index in [9.17, 15) is 4.79 Å². The molecule has 0 aliphatic heterocycles. The first-order valence-corrected chi connectivity index (χ1v) is 9.78. The maximum Gasteiger partial charge on any atom is 0.230 e. The van der Waals surface area contributed by atoms with Crippen LogP contribution in [0.15, 0.2) is 29.3 Å². The molecule has 0 aromatic heterocycles. The molecule has 1 aliphatic carbocycles. The predicted octanol–water partition coefficient (Wildman–Crippen LogP) is 2.79. The molecule has 0 heterocycles. The van der Waals surface area contributed by atoms with Gasteiger partial charge >= 0.3 is 0 Å². The minimum atomic E-state index is -0.313. The van der Waals surface area contributed by atoms with Crippen molar-refractivity contribution in [3.05, 3.63) is 29.8 Å². The number of nitrogens with one attached hydrogen (secondary N) is 2. The van der Waals surface area contributed by atoms with Crippen molar-refractivity contribution < 1.29 is 9.53 Å². The second-order valence-corrected chi connectivity index (χ2v) is 7.78. The highest BCUT2D eigenvalue weighted by Crippen LogP contribution is 2.38. The van der Waals surface area contributed by atoms with E-state index < -0.39 is 0 Å². The average Bonchev–Trinajstić information content (AvgIpc) is 3.11. The van der Waals surface area contributed by atoms with Gasteiger partial charge in [-0.1, -0.05) is 25.0 Å². The average molecular weight is 375 g/mol. The molecule has 0 atom stereocenters. The Labute approximate surface area is 163 Å². The Morgan fingerprint density at radius 3 is 2.56 bits per heavy atom. The number of aliphatic imine (C=N–C) groups is 1. The Morgan fingerprint density at radius 1 is 1.26 bits per heavy atom. The van der Waals surface area contributed by atoms with E-state index >= 15 is 0 Å². The van der Waals surface area contributed by atoms with E-state index in [4.69, 9.17) is 4.74 Å². The molecule has 6 nitrogen and oxygen atoms in total. The lowest BCUT2D eigenvalue weighted by Gasteiger charge is -2.31. The molecule has 1 fully saturated rings. The van der Waals surface area contributed by atoms with Gasteiger partial charge in [0, 0.05) is 34.2 Å². The summed E-state index contributed by atoms with van der Waals surface area (Å²) in [5, 5.41) is 6.70. The first kappa shape index (κ1) is 21.1. The topological polar surface area (TPSA) is 66.0 Å². The zero-order chi connectivity index (χ0) is 19.9. The van der Waals surface area contributed by atoms with E-state index in [0.29, 0.717) is 19.0 Å². The van der Waals surface area contributed by atoms with E-state index in [0.717, 1.165) is 37.0 Å². The largest absolute Gasteiger partial charge is 0.491 e. The van der Waals surface area contributed by atoms with Gasteiger partial charge in [-0.3, -0.25) is 9.79 Å². The minimum absolute atomic E-state index is 0.152. The summed E-state index contributed by atoms with van der Waals surface area (Å²) in [7, 11) is 5.42. The number of guanidine groups is 1. The third-order valence-corrected chi connectivity index (χ3v) is 4.97. The second kappa shape index (κ2) is 9.62. The number of ether oxygens (including phenoxy) is 1. The van der Waals surface area contributed by atoms with Gasteiger partial charge in [0.2, 0.25) is 5.91 Å². The van der Waals surface area contributed by atoms with Crippen LogP contribution in [0.3, 0.4) is 0 Å². The molecule has 0 spiro atoms. The molecule has 1 aromatic carbocycles. The summed E-state index contributed by atoms with van der Waals surface area (Å²) < 4.78 is 5.75. The van der Waals surface area contributed by atoms with Gasteiger partial charge in [-0.05, 0) is 44.4 Å². The highest BCUT2D eigenvalue weighted by atomic mass is 16.5. The summed E-state index contributed by atoms with van der Waals surface area (Å²) in [6, 6.07) is 8.05. The van der Waals surface area contributed by atoms with E-state index in [2.05, 4.69) is 21.7 Å². The van der Waals surface area contributed by atoms with Crippen molar-refractivity contribution in [1.29, 1.82) is 0 Å². The van der Waals surface area contributed by atoms with Crippen molar-refractivity contribution in [2.75, 3.05) is 27.7 Å². The number of rotatable bonds is 7. The third kappa shape index (κ3) is 5.88. The van der Waals surface area contributed by atoms with Gasteiger partial charge in [0.1, 0.15) is 5.75 Å². The van der Waals surface area contributed by atoms with Crippen LogP contribution in [0.1, 0.15) is 45.1 Å². The number of amides is 1. The Morgan fingerprint density at radius 2 is 1.96 bits per heavy atom. The van der Waals surface area contributed by atoms with E-state index in [-0.39, 0.29) is 17.4 Å². The predicted molar refractivity (Wildman–Crippen MR) is 110 cm³/mol. The number of benzene rings is 1. The summed E-state index contributed by atoms with van der Waals surface area (Å²) in [5.74, 6) is 1.79. The SMILES string of the molecule is CN=C(NCc1cccc(OC(C)C)c1)NCC1(C(=O)N(C)C)CCCC1. The van der Waals surface area contributed by atoms with Gasteiger partial charge in [-0.2, -0.15) is 0 Å². The Hall–Kier alpha value is -2.24. The van der Waals surface area contributed by atoms with E-state index in [1.807, 2.05) is 46.1 Å². The van der Waals surface area contributed by atoms with E-state index in [1.54, 1.807) is 11.9 Å². The Kier molecular flexibility index (Phi) is 7.51. The minimum Gasteiger partial charge on any atom is -0.491 e. The summed E-state index contributed by atoms with van der Waals surface area (Å²) >= 11 is 0. The van der Waals surface area contributed by atoms with Crippen LogP contribution >= 0.6 is 0 Å². The van der Waals surface area contributed by atoms with Crippen LogP contribution < -0.4 is 15.4 Å². The van der Waals surface area contributed by atoms with Gasteiger partial charge < -0.3 is 20.3 Å². The van der Waals surface area contributed by atoms with Crippen molar-refractivity contribution in [2.45, 2.75) is 52.2 Å². The van der Waals surface area contributed by atoms with Crippen molar-refractivity contribution in [2.24, 2.45) is 10.4 Å². The smallest absolute Gasteiger partial charge is 0.230 e. The molecule has 27 heavy (non-hydrogen) atoms. The Bertz CT molecular complexity index is 649. The summed E-state index contributed by atoms with van der Waals surface area (Å²) in [6.45, 7) is 5.29. The molecule has 6 heteroatoms. The van der Waals surface area contributed by atoms with Gasteiger partial charge in [-0.15, -0.1) is 0 Å². The second-order valence-electron chi connectivity index (χ2n) is 7.78. The molecular formula is C21H34N4O2. The maximum atomic E-state index is 12.7. The molecule has 0 saturated heterocycles. The molecule has 2 rings (SSSR count). The van der Waals surface area contributed by atoms with Gasteiger partial charge in [0.15, 0.2) is 5.96 Å². The van der Waals surface area contributed by atoms with Crippen LogP contribution in [-0.4, -0.2) is 50.6 Å². The highest BCUT2D eigenvalue weighted by molar-refractivity contribution is 5.85.